The molecule has 0 aromatic heterocycles. The molecule has 0 spiro atoms. The summed E-state index contributed by atoms with van der Waals surface area (Å²) >= 11 is 0. The van der Waals surface area contributed by atoms with Gasteiger partial charge in [0.25, 0.3) is 0 Å². The highest BCUT2D eigenvalue weighted by atomic mass is 16.5. The van der Waals surface area contributed by atoms with E-state index in [9.17, 15) is 9.59 Å². The van der Waals surface area contributed by atoms with Gasteiger partial charge in [-0.1, -0.05) is 30.3 Å². The van der Waals surface area contributed by atoms with Crippen LogP contribution in [-0.2, 0) is 14.3 Å². The molecule has 0 radical (unpaired) electrons. The molecule has 2 heterocycles. The van der Waals surface area contributed by atoms with Crippen LogP contribution in [0.3, 0.4) is 0 Å². The molecule has 1 aromatic carbocycles. The van der Waals surface area contributed by atoms with Gasteiger partial charge in [-0.15, -0.1) is 0 Å². The Morgan fingerprint density at radius 1 is 1.19 bits per heavy atom. The lowest BCUT2D eigenvalue weighted by Crippen LogP contribution is -2.59. The molecule has 2 fully saturated rings. The third kappa shape index (κ3) is 2.36. The van der Waals surface area contributed by atoms with Crippen molar-refractivity contribution in [2.24, 2.45) is 5.73 Å². The molecule has 2 aliphatic heterocycles. The number of carbonyl (C=O) groups is 2. The zero-order chi connectivity index (χ0) is 14.9. The van der Waals surface area contributed by atoms with E-state index in [1.54, 1.807) is 0 Å². The van der Waals surface area contributed by atoms with Gasteiger partial charge in [0.2, 0.25) is 11.8 Å². The summed E-state index contributed by atoms with van der Waals surface area (Å²) in [5.41, 5.74) is 6.27. The van der Waals surface area contributed by atoms with Crippen LogP contribution in [0.2, 0.25) is 0 Å². The van der Waals surface area contributed by atoms with E-state index >= 15 is 0 Å². The second-order valence-corrected chi connectivity index (χ2v) is 5.78. The summed E-state index contributed by atoms with van der Waals surface area (Å²) in [5.74, 6) is -0.593. The van der Waals surface area contributed by atoms with Gasteiger partial charge in [-0.3, -0.25) is 14.5 Å². The highest BCUT2D eigenvalue weighted by Crippen LogP contribution is 2.37. The quantitative estimate of drug-likeness (QED) is 0.843. The molecule has 1 unspecified atom stereocenters. The molecule has 2 saturated heterocycles. The number of hydrogen-bond donors (Lipinski definition) is 1. The smallest absolute Gasteiger partial charge is 0.237 e. The molecule has 2 amide bonds. The molecule has 5 nitrogen and oxygen atoms in total. The molecular weight excluding hydrogens is 268 g/mol. The minimum absolute atomic E-state index is 0.110. The van der Waals surface area contributed by atoms with E-state index < -0.39 is 5.54 Å². The first-order valence-electron chi connectivity index (χ1n) is 7.38. The predicted octanol–water partition coefficient (Wildman–Crippen LogP) is 1.04. The van der Waals surface area contributed by atoms with E-state index in [1.165, 1.54) is 4.90 Å². The second-order valence-electron chi connectivity index (χ2n) is 5.78. The molecule has 0 aliphatic carbocycles. The average Bonchev–Trinajstić information content (AvgIpc) is 2.84. The molecule has 2 N–H and O–H groups in total. The third-order valence-electron chi connectivity index (χ3n) is 4.63. The van der Waals surface area contributed by atoms with E-state index in [4.69, 9.17) is 10.5 Å². The highest BCUT2D eigenvalue weighted by Gasteiger charge is 2.50. The van der Waals surface area contributed by atoms with Crippen LogP contribution >= 0.6 is 0 Å². The summed E-state index contributed by atoms with van der Waals surface area (Å²) in [7, 11) is 0. The number of rotatable bonds is 3. The van der Waals surface area contributed by atoms with Gasteiger partial charge in [0.05, 0.1) is 11.5 Å². The zero-order valence-corrected chi connectivity index (χ0v) is 12.0. The third-order valence-corrected chi connectivity index (χ3v) is 4.63. The Morgan fingerprint density at radius 2 is 1.86 bits per heavy atom. The highest BCUT2D eigenvalue weighted by molar-refractivity contribution is 6.07. The number of imide groups is 1. The molecule has 1 aromatic rings. The monoisotopic (exact) mass is 288 g/mol. The van der Waals surface area contributed by atoms with Gasteiger partial charge in [-0.2, -0.15) is 0 Å². The van der Waals surface area contributed by atoms with Crippen molar-refractivity contribution >= 4 is 11.8 Å². The molecule has 112 valence electrons. The van der Waals surface area contributed by atoms with Crippen molar-refractivity contribution in [2.45, 2.75) is 30.7 Å². The van der Waals surface area contributed by atoms with Gasteiger partial charge in [-0.25, -0.2) is 0 Å². The SMILES string of the molecule is NCC1(N2C(=O)CC(c3ccccc3)C2=O)CCOCC1. The summed E-state index contributed by atoms with van der Waals surface area (Å²) in [6, 6.07) is 9.49. The van der Waals surface area contributed by atoms with Crippen LogP contribution in [0.4, 0.5) is 0 Å². The molecule has 1 atom stereocenters. The number of ether oxygens (including phenoxy) is 1. The maximum absolute atomic E-state index is 12.8. The van der Waals surface area contributed by atoms with Crippen LogP contribution in [-0.4, -0.2) is 42.0 Å². The molecule has 21 heavy (non-hydrogen) atoms. The van der Waals surface area contributed by atoms with Gasteiger partial charge < -0.3 is 10.5 Å². The van der Waals surface area contributed by atoms with E-state index in [2.05, 4.69) is 0 Å². The maximum Gasteiger partial charge on any atom is 0.237 e. The lowest BCUT2D eigenvalue weighted by Gasteiger charge is -2.42. The Hall–Kier alpha value is -1.72. The van der Waals surface area contributed by atoms with Gasteiger partial charge in [0, 0.05) is 26.2 Å². The van der Waals surface area contributed by atoms with Crippen LogP contribution in [0.15, 0.2) is 30.3 Å². The van der Waals surface area contributed by atoms with Gasteiger partial charge in [-0.05, 0) is 18.4 Å². The number of amides is 2. The summed E-state index contributed by atoms with van der Waals surface area (Å²) in [4.78, 5) is 26.7. The number of carbonyl (C=O) groups excluding carboxylic acids is 2. The standard InChI is InChI=1S/C16H20N2O3/c17-11-16(6-8-21-9-7-16)18-14(19)10-13(15(18)20)12-4-2-1-3-5-12/h1-5,13H,6-11,17H2. The van der Waals surface area contributed by atoms with Crippen molar-refractivity contribution in [3.8, 4) is 0 Å². The first-order valence-corrected chi connectivity index (χ1v) is 7.38. The molecule has 3 rings (SSSR count). The molecule has 5 heteroatoms. The Balaban J connectivity index is 1.90. The lowest BCUT2D eigenvalue weighted by atomic mass is 9.88. The van der Waals surface area contributed by atoms with Crippen LogP contribution in [0.25, 0.3) is 0 Å². The van der Waals surface area contributed by atoms with Gasteiger partial charge in [0.1, 0.15) is 0 Å². The fourth-order valence-electron chi connectivity index (χ4n) is 3.35. The van der Waals surface area contributed by atoms with Crippen LogP contribution in [0.5, 0.6) is 0 Å². The summed E-state index contributed by atoms with van der Waals surface area (Å²) in [6.07, 6.45) is 1.50. The van der Waals surface area contributed by atoms with Crippen molar-refractivity contribution in [2.75, 3.05) is 19.8 Å². The van der Waals surface area contributed by atoms with Crippen molar-refractivity contribution in [3.05, 3.63) is 35.9 Å². The molecule has 0 saturated carbocycles. The first kappa shape index (κ1) is 14.2. The summed E-state index contributed by atoms with van der Waals surface area (Å²) < 4.78 is 5.36. The number of hydrogen-bond acceptors (Lipinski definition) is 4. The van der Waals surface area contributed by atoms with Crippen LogP contribution < -0.4 is 5.73 Å². The first-order chi connectivity index (χ1) is 10.2. The summed E-state index contributed by atoms with van der Waals surface area (Å²) in [5, 5.41) is 0. The Kier molecular flexibility index (Phi) is 3.78. The van der Waals surface area contributed by atoms with Crippen molar-refractivity contribution in [1.82, 2.24) is 4.90 Å². The topological polar surface area (TPSA) is 72.6 Å². The van der Waals surface area contributed by atoms with Crippen LogP contribution in [0.1, 0.15) is 30.7 Å². The van der Waals surface area contributed by atoms with Gasteiger partial charge >= 0.3 is 0 Å². The Morgan fingerprint density at radius 3 is 2.48 bits per heavy atom. The zero-order valence-electron chi connectivity index (χ0n) is 12.0. The molecule has 2 aliphatic rings. The van der Waals surface area contributed by atoms with Crippen LogP contribution in [0, 0.1) is 0 Å². The molecular formula is C16H20N2O3. The van der Waals surface area contributed by atoms with Crippen molar-refractivity contribution in [3.63, 3.8) is 0 Å². The largest absolute Gasteiger partial charge is 0.381 e. The van der Waals surface area contributed by atoms with E-state index in [1.807, 2.05) is 30.3 Å². The van der Waals surface area contributed by atoms with Gasteiger partial charge in [0.15, 0.2) is 0 Å². The minimum Gasteiger partial charge on any atom is -0.381 e. The average molecular weight is 288 g/mol. The Bertz CT molecular complexity index is 538. The van der Waals surface area contributed by atoms with E-state index in [0.29, 0.717) is 32.6 Å². The Labute approximate surface area is 124 Å². The minimum atomic E-state index is -0.560. The second kappa shape index (κ2) is 5.58. The fourth-order valence-corrected chi connectivity index (χ4v) is 3.35. The molecule has 0 bridgehead atoms. The van der Waals surface area contributed by atoms with E-state index in [-0.39, 0.29) is 24.2 Å². The van der Waals surface area contributed by atoms with Crippen molar-refractivity contribution < 1.29 is 14.3 Å². The maximum atomic E-state index is 12.8. The normalized spacial score (nSPS) is 25.4. The van der Waals surface area contributed by atoms with Crippen molar-refractivity contribution in [1.29, 1.82) is 0 Å². The van der Waals surface area contributed by atoms with E-state index in [0.717, 1.165) is 5.56 Å². The predicted molar refractivity (Wildman–Crippen MR) is 77.5 cm³/mol. The fraction of sp³-hybridized carbons (Fsp3) is 0.500. The summed E-state index contributed by atoms with van der Waals surface area (Å²) in [6.45, 7) is 1.39. The number of nitrogens with two attached hydrogens (primary N) is 1. The number of benzene rings is 1. The number of nitrogens with zero attached hydrogens (tertiary/aromatic N) is 1. The number of likely N-dealkylation sites (tertiary alicyclic amines) is 1. The lowest BCUT2D eigenvalue weighted by molar-refractivity contribution is -0.149.